The van der Waals surface area contributed by atoms with Crippen molar-refractivity contribution in [1.29, 1.82) is 0 Å². The smallest absolute Gasteiger partial charge is 0.768 e. The van der Waals surface area contributed by atoms with Crippen LogP contribution in [0.2, 0.25) is 5.02 Å². The van der Waals surface area contributed by atoms with Crippen molar-refractivity contribution >= 4 is 28.7 Å². The van der Waals surface area contributed by atoms with Crippen molar-refractivity contribution < 1.29 is 52.2 Å². The molecule has 1 rings (SSSR count). The third-order valence-electron chi connectivity index (χ3n) is 1.59. The number of carbonyl (C=O) groups is 1. The minimum atomic E-state index is -2.80. The van der Waals surface area contributed by atoms with Crippen LogP contribution in [0.3, 0.4) is 0 Å². The van der Waals surface area contributed by atoms with Crippen molar-refractivity contribution in [3.05, 3.63) is 28.5 Å². The second-order valence-corrected chi connectivity index (χ2v) is 3.84. The molecule has 0 saturated carbocycles. The molecule has 0 bridgehead atoms. The van der Waals surface area contributed by atoms with E-state index in [0.717, 1.165) is 19.2 Å². The number of esters is 1. The molecule has 0 aliphatic heterocycles. The third-order valence-corrected chi connectivity index (χ3v) is 2.46. The number of hydrogen-bond donors (Lipinski definition) is 0. The van der Waals surface area contributed by atoms with E-state index < -0.39 is 33.3 Å². The number of ether oxygens (including phenoxy) is 1. The minimum Gasteiger partial charge on any atom is -0.768 e. The van der Waals surface area contributed by atoms with E-state index in [4.69, 9.17) is 11.6 Å². The average molecular weight is 275 g/mol. The zero-order valence-electron chi connectivity index (χ0n) is 8.45. The first kappa shape index (κ1) is 16.0. The molecule has 0 N–H and O–H groups in total. The molecule has 0 amide bonds. The fraction of sp³-hybridized carbons (Fsp3) is 0.125. The van der Waals surface area contributed by atoms with Gasteiger partial charge in [0.05, 0.1) is 17.6 Å². The van der Waals surface area contributed by atoms with E-state index in [0.29, 0.717) is 0 Å². The zero-order valence-corrected chi connectivity index (χ0v) is 12.0. The Bertz CT molecular complexity index is 440. The molecule has 0 aliphatic carbocycles. The van der Waals surface area contributed by atoms with Crippen LogP contribution in [-0.2, 0) is 15.8 Å². The van der Waals surface area contributed by atoms with Gasteiger partial charge in [0.15, 0.2) is 5.82 Å². The zero-order chi connectivity index (χ0) is 11.6. The predicted molar refractivity (Wildman–Crippen MR) is 49.9 cm³/mol. The van der Waals surface area contributed by atoms with Gasteiger partial charge >= 0.3 is 35.5 Å². The molecule has 1 unspecified atom stereocenters. The van der Waals surface area contributed by atoms with Crippen LogP contribution in [0.4, 0.5) is 4.39 Å². The van der Waals surface area contributed by atoms with Gasteiger partial charge in [0, 0.05) is 5.02 Å². The van der Waals surface area contributed by atoms with Crippen LogP contribution in [0.5, 0.6) is 0 Å². The van der Waals surface area contributed by atoms with Gasteiger partial charge in [-0.25, -0.2) is 9.18 Å². The van der Waals surface area contributed by atoms with E-state index >= 15 is 0 Å². The van der Waals surface area contributed by atoms with Gasteiger partial charge in [-0.05, 0) is 23.2 Å². The number of carbonyl (C=O) groups excluding carboxylic acids is 1. The molecule has 16 heavy (non-hydrogen) atoms. The number of methoxy groups -OCH3 is 1. The molecule has 8 heteroatoms. The Morgan fingerprint density at radius 1 is 1.56 bits per heavy atom. The van der Waals surface area contributed by atoms with Crippen LogP contribution >= 0.6 is 11.6 Å². The van der Waals surface area contributed by atoms with Gasteiger partial charge < -0.3 is 9.29 Å². The third kappa shape index (κ3) is 3.51. The summed E-state index contributed by atoms with van der Waals surface area (Å²) in [4.78, 5) is 10.4. The van der Waals surface area contributed by atoms with E-state index in [-0.39, 0.29) is 34.6 Å². The SMILES string of the molecule is COC(=O)c1cc(Cl)cc(S(=O)[O-])c1F.[Na+]. The maximum atomic E-state index is 13.4. The Balaban J connectivity index is 0.00000225. The van der Waals surface area contributed by atoms with Crippen LogP contribution < -0.4 is 29.6 Å². The summed E-state index contributed by atoms with van der Waals surface area (Å²) in [7, 11) is 1.05. The van der Waals surface area contributed by atoms with Crippen LogP contribution in [0, 0.1) is 5.82 Å². The molecule has 4 nitrogen and oxygen atoms in total. The maximum absolute atomic E-state index is 13.4. The summed E-state index contributed by atoms with van der Waals surface area (Å²) in [5.74, 6) is -2.15. The van der Waals surface area contributed by atoms with Crippen molar-refractivity contribution in [3.8, 4) is 0 Å². The summed E-state index contributed by atoms with van der Waals surface area (Å²) in [6.45, 7) is 0. The van der Waals surface area contributed by atoms with Gasteiger partial charge in [-0.1, -0.05) is 11.6 Å². The van der Waals surface area contributed by atoms with E-state index in [1.807, 2.05) is 0 Å². The summed E-state index contributed by atoms with van der Waals surface area (Å²) >= 11 is 2.72. The standard InChI is InChI=1S/C8H6ClFO4S.Na/c1-14-8(11)5-2-4(9)3-6(7(5)10)15(12)13;/h2-3H,1H3,(H,12,13);/q;+1/p-1. The molecule has 0 aromatic heterocycles. The molecule has 0 heterocycles. The van der Waals surface area contributed by atoms with E-state index in [1.54, 1.807) is 0 Å². The Kier molecular flexibility index (Phi) is 6.69. The van der Waals surface area contributed by atoms with Crippen molar-refractivity contribution in [3.63, 3.8) is 0 Å². The Morgan fingerprint density at radius 2 is 2.12 bits per heavy atom. The second kappa shape index (κ2) is 6.68. The topological polar surface area (TPSA) is 66.4 Å². The van der Waals surface area contributed by atoms with Crippen LogP contribution in [0.15, 0.2) is 17.0 Å². The van der Waals surface area contributed by atoms with Gasteiger partial charge in [-0.3, -0.25) is 4.21 Å². The predicted octanol–water partition coefficient (Wildman–Crippen LogP) is -1.49. The molecule has 1 aromatic rings. The summed E-state index contributed by atoms with van der Waals surface area (Å²) in [5, 5.41) is -0.0593. The first-order chi connectivity index (χ1) is 6.97. The average Bonchev–Trinajstić information content (AvgIpc) is 2.19. The molecule has 1 aromatic carbocycles. The fourth-order valence-corrected chi connectivity index (χ4v) is 1.71. The van der Waals surface area contributed by atoms with Gasteiger partial charge in [0.2, 0.25) is 0 Å². The molecular weight excluding hydrogens is 270 g/mol. The van der Waals surface area contributed by atoms with Gasteiger partial charge in [-0.2, -0.15) is 0 Å². The van der Waals surface area contributed by atoms with Crippen LogP contribution in [-0.4, -0.2) is 21.8 Å². The number of hydrogen-bond acceptors (Lipinski definition) is 4. The van der Waals surface area contributed by atoms with Crippen LogP contribution in [0.25, 0.3) is 0 Å². The number of rotatable bonds is 2. The van der Waals surface area contributed by atoms with Gasteiger partial charge in [0.25, 0.3) is 0 Å². The van der Waals surface area contributed by atoms with Crippen molar-refractivity contribution in [2.24, 2.45) is 0 Å². The van der Waals surface area contributed by atoms with E-state index in [1.165, 1.54) is 0 Å². The van der Waals surface area contributed by atoms with Crippen molar-refractivity contribution in [2.45, 2.75) is 4.90 Å². The summed E-state index contributed by atoms with van der Waals surface area (Å²) < 4.78 is 38.8. The monoisotopic (exact) mass is 274 g/mol. The quantitative estimate of drug-likeness (QED) is 0.374. The Labute approximate surface area is 121 Å². The molecular formula is C8H5ClFNaO4S. The normalized spacial score (nSPS) is 11.5. The van der Waals surface area contributed by atoms with Gasteiger partial charge in [-0.15, -0.1) is 0 Å². The second-order valence-electron chi connectivity index (χ2n) is 2.49. The van der Waals surface area contributed by atoms with E-state index in [2.05, 4.69) is 4.74 Å². The first-order valence-corrected chi connectivity index (χ1v) is 5.09. The van der Waals surface area contributed by atoms with Crippen molar-refractivity contribution in [2.75, 3.05) is 7.11 Å². The maximum Gasteiger partial charge on any atom is 1.00 e. The fourth-order valence-electron chi connectivity index (χ4n) is 0.944. The molecule has 0 saturated heterocycles. The molecule has 0 fully saturated rings. The Hall–Kier alpha value is 0.0200. The van der Waals surface area contributed by atoms with E-state index in [9.17, 15) is 17.9 Å². The van der Waals surface area contributed by atoms with Gasteiger partial charge in [0.1, 0.15) is 0 Å². The molecule has 0 radical (unpaired) electrons. The Morgan fingerprint density at radius 3 is 2.56 bits per heavy atom. The number of benzene rings is 1. The molecule has 0 aliphatic rings. The molecule has 1 atom stereocenters. The van der Waals surface area contributed by atoms with Crippen LogP contribution in [0.1, 0.15) is 10.4 Å². The largest absolute Gasteiger partial charge is 1.00 e. The first-order valence-electron chi connectivity index (χ1n) is 3.64. The summed E-state index contributed by atoms with van der Waals surface area (Å²) in [5.41, 5.74) is -0.510. The number of halogens is 2. The molecule has 0 spiro atoms. The van der Waals surface area contributed by atoms with Crippen molar-refractivity contribution in [1.82, 2.24) is 0 Å². The minimum absolute atomic E-state index is 0. The molecule has 82 valence electrons. The summed E-state index contributed by atoms with van der Waals surface area (Å²) in [6.07, 6.45) is 0. The summed E-state index contributed by atoms with van der Waals surface area (Å²) in [6, 6.07) is 1.91.